The molecule has 0 aromatic heterocycles. The quantitative estimate of drug-likeness (QED) is 0.751. The molecule has 1 fully saturated rings. The van der Waals surface area contributed by atoms with E-state index in [4.69, 9.17) is 9.84 Å². The standard InChI is InChI=1S/C12H20O4/c1-7(2)16-12(15)10-5-8(3)4-9(6-10)11(13)14/h7-10H,4-6H2,1-3H3,(H,13,14). The van der Waals surface area contributed by atoms with Crippen molar-refractivity contribution in [1.29, 1.82) is 0 Å². The Balaban J connectivity index is 2.59. The number of ether oxygens (including phenoxy) is 1. The molecule has 16 heavy (non-hydrogen) atoms. The summed E-state index contributed by atoms with van der Waals surface area (Å²) >= 11 is 0. The summed E-state index contributed by atoms with van der Waals surface area (Å²) in [7, 11) is 0. The van der Waals surface area contributed by atoms with Gasteiger partial charge in [0.15, 0.2) is 0 Å². The van der Waals surface area contributed by atoms with Crippen LogP contribution in [0.3, 0.4) is 0 Å². The normalized spacial score (nSPS) is 30.1. The summed E-state index contributed by atoms with van der Waals surface area (Å²) < 4.78 is 5.13. The number of esters is 1. The Morgan fingerprint density at radius 2 is 1.75 bits per heavy atom. The lowest BCUT2D eigenvalue weighted by Crippen LogP contribution is -2.32. The van der Waals surface area contributed by atoms with Crippen LogP contribution in [-0.4, -0.2) is 23.1 Å². The average Bonchev–Trinajstić information content (AvgIpc) is 2.15. The summed E-state index contributed by atoms with van der Waals surface area (Å²) in [5, 5.41) is 8.99. The molecule has 0 radical (unpaired) electrons. The highest BCUT2D eigenvalue weighted by Crippen LogP contribution is 2.34. The van der Waals surface area contributed by atoms with Gasteiger partial charge < -0.3 is 9.84 Å². The van der Waals surface area contributed by atoms with Crippen molar-refractivity contribution < 1.29 is 19.4 Å². The summed E-state index contributed by atoms with van der Waals surface area (Å²) in [6, 6.07) is 0. The molecule has 0 aliphatic heterocycles. The van der Waals surface area contributed by atoms with E-state index in [-0.39, 0.29) is 23.9 Å². The SMILES string of the molecule is CC1CC(C(=O)O)CC(C(=O)OC(C)C)C1. The Bertz CT molecular complexity index is 272. The minimum Gasteiger partial charge on any atom is -0.481 e. The van der Waals surface area contributed by atoms with Crippen molar-refractivity contribution in [2.75, 3.05) is 0 Å². The molecule has 3 unspecified atom stereocenters. The van der Waals surface area contributed by atoms with Gasteiger partial charge in [-0.25, -0.2) is 0 Å². The molecule has 4 nitrogen and oxygen atoms in total. The van der Waals surface area contributed by atoms with Gasteiger partial charge in [-0.1, -0.05) is 6.92 Å². The van der Waals surface area contributed by atoms with E-state index in [9.17, 15) is 9.59 Å². The molecular formula is C12H20O4. The van der Waals surface area contributed by atoms with Gasteiger partial charge in [0.1, 0.15) is 0 Å². The van der Waals surface area contributed by atoms with Crippen LogP contribution in [0.1, 0.15) is 40.0 Å². The molecule has 0 spiro atoms. The molecule has 0 saturated heterocycles. The Labute approximate surface area is 96.0 Å². The summed E-state index contributed by atoms with van der Waals surface area (Å²) in [5.74, 6) is -1.40. The zero-order valence-electron chi connectivity index (χ0n) is 10.1. The summed E-state index contributed by atoms with van der Waals surface area (Å²) in [5.41, 5.74) is 0. The highest BCUT2D eigenvalue weighted by molar-refractivity contribution is 5.75. The number of carboxylic acids is 1. The zero-order chi connectivity index (χ0) is 12.3. The van der Waals surface area contributed by atoms with Gasteiger partial charge in [0.25, 0.3) is 0 Å². The molecule has 1 rings (SSSR count). The number of carbonyl (C=O) groups is 2. The molecule has 0 amide bonds. The maximum absolute atomic E-state index is 11.7. The Kier molecular flexibility index (Phi) is 4.33. The minimum absolute atomic E-state index is 0.131. The van der Waals surface area contributed by atoms with Crippen LogP contribution in [0.15, 0.2) is 0 Å². The smallest absolute Gasteiger partial charge is 0.309 e. The lowest BCUT2D eigenvalue weighted by molar-refractivity contribution is -0.156. The third-order valence-corrected chi connectivity index (χ3v) is 2.98. The number of carbonyl (C=O) groups excluding carboxylic acids is 1. The highest BCUT2D eigenvalue weighted by atomic mass is 16.5. The van der Waals surface area contributed by atoms with Gasteiger partial charge in [-0.3, -0.25) is 9.59 Å². The number of carboxylic acid groups (broad SMARTS) is 1. The molecule has 1 N–H and O–H groups in total. The van der Waals surface area contributed by atoms with Gasteiger partial charge in [-0.05, 0) is 39.0 Å². The van der Waals surface area contributed by atoms with E-state index in [0.717, 1.165) is 6.42 Å². The minimum atomic E-state index is -0.797. The van der Waals surface area contributed by atoms with Crippen LogP contribution in [0.5, 0.6) is 0 Å². The lowest BCUT2D eigenvalue weighted by atomic mass is 9.76. The van der Waals surface area contributed by atoms with E-state index in [1.807, 2.05) is 6.92 Å². The molecular weight excluding hydrogens is 208 g/mol. The second kappa shape index (κ2) is 5.32. The third kappa shape index (κ3) is 3.51. The van der Waals surface area contributed by atoms with Gasteiger partial charge in [0.05, 0.1) is 17.9 Å². The van der Waals surface area contributed by atoms with E-state index in [0.29, 0.717) is 12.8 Å². The van der Waals surface area contributed by atoms with E-state index < -0.39 is 11.9 Å². The van der Waals surface area contributed by atoms with Crippen molar-refractivity contribution >= 4 is 11.9 Å². The van der Waals surface area contributed by atoms with E-state index in [1.54, 1.807) is 13.8 Å². The number of hydrogen-bond donors (Lipinski definition) is 1. The molecule has 0 bridgehead atoms. The fraction of sp³-hybridized carbons (Fsp3) is 0.833. The van der Waals surface area contributed by atoms with Gasteiger partial charge in [-0.15, -0.1) is 0 Å². The molecule has 0 aromatic rings. The second-order valence-electron chi connectivity index (χ2n) is 5.03. The van der Waals surface area contributed by atoms with E-state index in [1.165, 1.54) is 0 Å². The van der Waals surface area contributed by atoms with Crippen molar-refractivity contribution in [2.24, 2.45) is 17.8 Å². The van der Waals surface area contributed by atoms with E-state index in [2.05, 4.69) is 0 Å². The van der Waals surface area contributed by atoms with Crippen LogP contribution >= 0.6 is 0 Å². The molecule has 1 aliphatic rings. The van der Waals surface area contributed by atoms with Crippen molar-refractivity contribution in [2.45, 2.75) is 46.1 Å². The number of hydrogen-bond acceptors (Lipinski definition) is 3. The second-order valence-corrected chi connectivity index (χ2v) is 5.03. The van der Waals surface area contributed by atoms with Crippen molar-refractivity contribution in [3.05, 3.63) is 0 Å². The predicted molar refractivity (Wildman–Crippen MR) is 58.9 cm³/mol. The zero-order valence-corrected chi connectivity index (χ0v) is 10.1. The number of aliphatic carboxylic acids is 1. The summed E-state index contributed by atoms with van der Waals surface area (Å²) in [4.78, 5) is 22.6. The van der Waals surface area contributed by atoms with Gasteiger partial charge in [0, 0.05) is 0 Å². The fourth-order valence-electron chi connectivity index (χ4n) is 2.33. The molecule has 1 saturated carbocycles. The molecule has 92 valence electrons. The summed E-state index contributed by atoms with van der Waals surface area (Å²) in [6.45, 7) is 5.60. The predicted octanol–water partition coefficient (Wildman–Crippen LogP) is 2.07. The lowest BCUT2D eigenvalue weighted by Gasteiger charge is -2.30. The highest BCUT2D eigenvalue weighted by Gasteiger charge is 2.35. The largest absolute Gasteiger partial charge is 0.481 e. The first-order chi connectivity index (χ1) is 7.40. The van der Waals surface area contributed by atoms with Gasteiger partial charge in [0.2, 0.25) is 0 Å². The maximum atomic E-state index is 11.7. The topological polar surface area (TPSA) is 63.6 Å². The van der Waals surface area contributed by atoms with Gasteiger partial charge >= 0.3 is 11.9 Å². The van der Waals surface area contributed by atoms with Crippen molar-refractivity contribution in [3.63, 3.8) is 0 Å². The van der Waals surface area contributed by atoms with Crippen LogP contribution in [-0.2, 0) is 14.3 Å². The average molecular weight is 228 g/mol. The Morgan fingerprint density at radius 1 is 1.19 bits per heavy atom. The third-order valence-electron chi connectivity index (χ3n) is 2.98. The van der Waals surface area contributed by atoms with Crippen molar-refractivity contribution in [3.8, 4) is 0 Å². The van der Waals surface area contributed by atoms with Crippen molar-refractivity contribution in [1.82, 2.24) is 0 Å². The van der Waals surface area contributed by atoms with E-state index >= 15 is 0 Å². The maximum Gasteiger partial charge on any atom is 0.309 e. The monoisotopic (exact) mass is 228 g/mol. The summed E-state index contributed by atoms with van der Waals surface area (Å²) in [6.07, 6.45) is 1.70. The van der Waals surface area contributed by atoms with Crippen LogP contribution in [0.25, 0.3) is 0 Å². The van der Waals surface area contributed by atoms with Crippen LogP contribution in [0.4, 0.5) is 0 Å². The van der Waals surface area contributed by atoms with Crippen LogP contribution < -0.4 is 0 Å². The first kappa shape index (κ1) is 13.0. The van der Waals surface area contributed by atoms with Crippen LogP contribution in [0, 0.1) is 17.8 Å². The molecule has 1 aliphatic carbocycles. The first-order valence-corrected chi connectivity index (χ1v) is 5.83. The Hall–Kier alpha value is -1.06. The molecule has 0 heterocycles. The van der Waals surface area contributed by atoms with Crippen LogP contribution in [0.2, 0.25) is 0 Å². The molecule has 4 heteroatoms. The molecule has 0 aromatic carbocycles. The van der Waals surface area contributed by atoms with Gasteiger partial charge in [-0.2, -0.15) is 0 Å². The fourth-order valence-corrected chi connectivity index (χ4v) is 2.33. The first-order valence-electron chi connectivity index (χ1n) is 5.83. The Morgan fingerprint density at radius 3 is 2.25 bits per heavy atom. The molecule has 3 atom stereocenters. The number of rotatable bonds is 3.